The number of hydrogen-bond acceptors (Lipinski definition) is 3. The van der Waals surface area contributed by atoms with Crippen LogP contribution in [0.15, 0.2) is 59.2 Å². The molecule has 0 N–H and O–H groups in total. The van der Waals surface area contributed by atoms with Crippen LogP contribution >= 0.6 is 0 Å². The smallest absolute Gasteiger partial charge is 0.416 e. The highest BCUT2D eigenvalue weighted by molar-refractivity contribution is 5.66. The van der Waals surface area contributed by atoms with E-state index in [1.54, 1.807) is 12.2 Å². The molecule has 29 heavy (non-hydrogen) atoms. The average molecular weight is 401 g/mol. The molecule has 0 spiro atoms. The Labute approximate surface area is 167 Å². The van der Waals surface area contributed by atoms with Crippen molar-refractivity contribution in [2.75, 3.05) is 0 Å². The Kier molecular flexibility index (Phi) is 6.75. The Morgan fingerprint density at radius 1 is 1.00 bits per heavy atom. The monoisotopic (exact) mass is 401 g/mol. The van der Waals surface area contributed by atoms with Gasteiger partial charge in [0.25, 0.3) is 0 Å². The lowest BCUT2D eigenvalue weighted by Gasteiger charge is -2.05. The van der Waals surface area contributed by atoms with Crippen LogP contribution in [0.5, 0.6) is 5.75 Å². The van der Waals surface area contributed by atoms with Crippen molar-refractivity contribution in [3.8, 4) is 5.75 Å². The lowest BCUT2D eigenvalue weighted by atomic mass is 10.1. The molecule has 1 aromatic heterocycles. The lowest BCUT2D eigenvalue weighted by Crippen LogP contribution is -2.03. The molecule has 6 heteroatoms. The summed E-state index contributed by atoms with van der Waals surface area (Å²) in [4.78, 5) is 4.30. The van der Waals surface area contributed by atoms with Crippen LogP contribution in [0.4, 0.5) is 13.2 Å². The second kappa shape index (κ2) is 9.45. The van der Waals surface area contributed by atoms with Crippen LogP contribution in [0.25, 0.3) is 12.2 Å². The number of unbranched alkanes of at least 4 members (excludes halogenated alkanes) is 1. The normalized spacial score (nSPS) is 11.9. The van der Waals surface area contributed by atoms with Crippen molar-refractivity contribution in [2.24, 2.45) is 0 Å². The third-order valence-corrected chi connectivity index (χ3v) is 4.35. The van der Waals surface area contributed by atoms with Crippen molar-refractivity contribution in [2.45, 2.75) is 39.0 Å². The Balaban J connectivity index is 1.53. The average Bonchev–Trinajstić information content (AvgIpc) is 3.17. The van der Waals surface area contributed by atoms with E-state index < -0.39 is 11.7 Å². The number of aromatic nitrogens is 1. The Hall–Kier alpha value is -3.02. The number of halogens is 3. The highest BCUT2D eigenvalue weighted by Crippen LogP contribution is 2.29. The molecule has 2 aromatic carbocycles. The molecular weight excluding hydrogens is 379 g/mol. The molecule has 1 heterocycles. The molecule has 0 saturated carbocycles. The molecular formula is C23H22F3NO2. The minimum absolute atomic E-state index is 0.270. The molecule has 3 nitrogen and oxygen atoms in total. The third-order valence-electron chi connectivity index (χ3n) is 4.35. The number of ether oxygens (including phenoxy) is 1. The van der Waals surface area contributed by atoms with Crippen LogP contribution in [0.3, 0.4) is 0 Å². The quantitative estimate of drug-likeness (QED) is 0.417. The van der Waals surface area contributed by atoms with Crippen LogP contribution < -0.4 is 4.74 Å². The summed E-state index contributed by atoms with van der Waals surface area (Å²) in [5.74, 6) is 1.12. The predicted octanol–water partition coefficient (Wildman–Crippen LogP) is 6.79. The van der Waals surface area contributed by atoms with Crippen molar-refractivity contribution >= 4 is 12.2 Å². The molecule has 0 radical (unpaired) electrons. The number of hydrogen-bond donors (Lipinski definition) is 0. The molecule has 3 rings (SSSR count). The maximum absolute atomic E-state index is 12.6. The van der Waals surface area contributed by atoms with Crippen LogP contribution in [0.2, 0.25) is 0 Å². The Bertz CT molecular complexity index is 926. The van der Waals surface area contributed by atoms with E-state index in [1.165, 1.54) is 36.8 Å². The zero-order valence-electron chi connectivity index (χ0n) is 16.1. The summed E-state index contributed by atoms with van der Waals surface area (Å²) in [5.41, 5.74) is 1.87. The molecule has 0 amide bonds. The first-order valence-electron chi connectivity index (χ1n) is 9.45. The number of alkyl halides is 3. The second-order valence-corrected chi connectivity index (χ2v) is 6.67. The van der Waals surface area contributed by atoms with E-state index in [4.69, 9.17) is 9.15 Å². The van der Waals surface area contributed by atoms with Gasteiger partial charge in [0.1, 0.15) is 24.3 Å². The van der Waals surface area contributed by atoms with Crippen LogP contribution in [0.1, 0.15) is 48.0 Å². The van der Waals surface area contributed by atoms with E-state index in [9.17, 15) is 13.2 Å². The van der Waals surface area contributed by atoms with Crippen molar-refractivity contribution in [1.82, 2.24) is 4.98 Å². The molecule has 0 unspecified atom stereocenters. The molecule has 0 fully saturated rings. The minimum Gasteiger partial charge on any atom is -0.487 e. The van der Waals surface area contributed by atoms with E-state index in [-0.39, 0.29) is 6.61 Å². The summed E-state index contributed by atoms with van der Waals surface area (Å²) < 4.78 is 48.8. The highest BCUT2D eigenvalue weighted by Gasteiger charge is 2.29. The zero-order chi connectivity index (χ0) is 20.7. The van der Waals surface area contributed by atoms with Crippen LogP contribution in [-0.4, -0.2) is 4.98 Å². The molecule has 0 aliphatic carbocycles. The van der Waals surface area contributed by atoms with Gasteiger partial charge in [-0.05, 0) is 54.3 Å². The van der Waals surface area contributed by atoms with Gasteiger partial charge >= 0.3 is 6.18 Å². The fourth-order valence-electron chi connectivity index (χ4n) is 2.71. The summed E-state index contributed by atoms with van der Waals surface area (Å²) in [6.45, 7) is 2.44. The number of rotatable bonds is 8. The van der Waals surface area contributed by atoms with E-state index in [1.807, 2.05) is 12.1 Å². The molecule has 0 saturated heterocycles. The lowest BCUT2D eigenvalue weighted by molar-refractivity contribution is -0.137. The first-order valence-corrected chi connectivity index (χ1v) is 9.45. The number of benzene rings is 2. The Morgan fingerprint density at radius 3 is 2.38 bits per heavy atom. The van der Waals surface area contributed by atoms with Crippen LogP contribution in [0, 0.1) is 0 Å². The van der Waals surface area contributed by atoms with E-state index in [0.29, 0.717) is 17.1 Å². The fourth-order valence-corrected chi connectivity index (χ4v) is 2.71. The van der Waals surface area contributed by atoms with Gasteiger partial charge in [0.15, 0.2) is 0 Å². The second-order valence-electron chi connectivity index (χ2n) is 6.67. The van der Waals surface area contributed by atoms with Gasteiger partial charge in [-0.25, -0.2) is 4.98 Å². The summed E-state index contributed by atoms with van der Waals surface area (Å²) in [6, 6.07) is 12.9. The van der Waals surface area contributed by atoms with Gasteiger partial charge in [0, 0.05) is 6.08 Å². The van der Waals surface area contributed by atoms with Gasteiger partial charge in [-0.1, -0.05) is 37.6 Å². The summed E-state index contributed by atoms with van der Waals surface area (Å²) in [6.07, 6.45) is 3.81. The third kappa shape index (κ3) is 6.24. The molecule has 0 aliphatic rings. The molecule has 0 bridgehead atoms. The minimum atomic E-state index is -4.34. The predicted molar refractivity (Wildman–Crippen MR) is 106 cm³/mol. The summed E-state index contributed by atoms with van der Waals surface area (Å²) >= 11 is 0. The van der Waals surface area contributed by atoms with Gasteiger partial charge in [-0.15, -0.1) is 0 Å². The van der Waals surface area contributed by atoms with Crippen molar-refractivity contribution < 1.29 is 22.3 Å². The summed E-state index contributed by atoms with van der Waals surface area (Å²) in [5, 5.41) is 0. The number of oxazole rings is 1. The van der Waals surface area contributed by atoms with Gasteiger partial charge in [-0.3, -0.25) is 0 Å². The standard InChI is InChI=1S/C23H22F3NO2/c1-2-3-4-17-7-12-21(13-8-17)28-15-20-16-29-22(27-20)14-9-18-5-10-19(11-6-18)23(24,25)26/h5-14,16H,2-4,15H2,1H3/b14-9+. The molecule has 0 atom stereocenters. The topological polar surface area (TPSA) is 35.3 Å². The first kappa shape index (κ1) is 20.7. The summed E-state index contributed by atoms with van der Waals surface area (Å²) in [7, 11) is 0. The largest absolute Gasteiger partial charge is 0.487 e. The Morgan fingerprint density at radius 2 is 1.72 bits per heavy atom. The zero-order valence-corrected chi connectivity index (χ0v) is 16.1. The highest BCUT2D eigenvalue weighted by atomic mass is 19.4. The number of aryl methyl sites for hydroxylation is 1. The molecule has 3 aromatic rings. The fraction of sp³-hybridized carbons (Fsp3) is 0.261. The van der Waals surface area contributed by atoms with Crippen molar-refractivity contribution in [1.29, 1.82) is 0 Å². The molecule has 0 aliphatic heterocycles. The van der Waals surface area contributed by atoms with Crippen molar-refractivity contribution in [3.63, 3.8) is 0 Å². The van der Waals surface area contributed by atoms with Gasteiger partial charge in [0.05, 0.1) is 5.56 Å². The van der Waals surface area contributed by atoms with E-state index in [2.05, 4.69) is 24.0 Å². The van der Waals surface area contributed by atoms with Gasteiger partial charge in [-0.2, -0.15) is 13.2 Å². The maximum Gasteiger partial charge on any atom is 0.416 e. The van der Waals surface area contributed by atoms with Gasteiger partial charge in [0.2, 0.25) is 5.89 Å². The number of nitrogens with zero attached hydrogens (tertiary/aromatic N) is 1. The van der Waals surface area contributed by atoms with Crippen LogP contribution in [-0.2, 0) is 19.2 Å². The first-order chi connectivity index (χ1) is 13.9. The van der Waals surface area contributed by atoms with Crippen molar-refractivity contribution in [3.05, 3.63) is 83.1 Å². The SMILES string of the molecule is CCCCc1ccc(OCc2coc(/C=C/c3ccc(C(F)(F)F)cc3)n2)cc1. The van der Waals surface area contributed by atoms with Gasteiger partial charge < -0.3 is 9.15 Å². The maximum atomic E-state index is 12.6. The van der Waals surface area contributed by atoms with E-state index in [0.717, 1.165) is 24.3 Å². The van der Waals surface area contributed by atoms with E-state index >= 15 is 0 Å². The molecule has 152 valence electrons.